The van der Waals surface area contributed by atoms with E-state index in [1.54, 1.807) is 0 Å². The van der Waals surface area contributed by atoms with Crippen molar-refractivity contribution in [2.75, 3.05) is 14.1 Å². The van der Waals surface area contributed by atoms with Crippen molar-refractivity contribution in [2.45, 2.75) is 80.3 Å². The third kappa shape index (κ3) is 2.74. The lowest BCUT2D eigenvalue weighted by Crippen LogP contribution is -2.78. The highest BCUT2D eigenvalue weighted by molar-refractivity contribution is 5.87. The fraction of sp³-hybridized carbons (Fsp3) is 0.567. The van der Waals surface area contributed by atoms with Gasteiger partial charge in [-0.1, -0.05) is 31.2 Å². The molecule has 3 unspecified atom stereocenters. The third-order valence-electron chi connectivity index (χ3n) is 10.7. The van der Waals surface area contributed by atoms with Gasteiger partial charge in [0.2, 0.25) is 0 Å². The number of aliphatic hydroxyl groups excluding tert-OH is 3. The molecule has 3 aliphatic carbocycles. The number of halogens is 1. The van der Waals surface area contributed by atoms with E-state index in [1.165, 1.54) is 11.1 Å². The Bertz CT molecular complexity index is 1360. The number of rotatable bonds is 2. The van der Waals surface area contributed by atoms with E-state index in [2.05, 4.69) is 36.2 Å². The van der Waals surface area contributed by atoms with Gasteiger partial charge in [-0.25, -0.2) is 4.39 Å². The van der Waals surface area contributed by atoms with Crippen LogP contribution in [-0.2, 0) is 4.74 Å². The topological polar surface area (TPSA) is 86.1 Å². The molecule has 0 radical (unpaired) electrons. The first-order chi connectivity index (χ1) is 17.6. The van der Waals surface area contributed by atoms with Crippen molar-refractivity contribution in [3.63, 3.8) is 0 Å². The van der Waals surface area contributed by atoms with E-state index in [1.807, 2.05) is 43.5 Å². The highest BCUT2D eigenvalue weighted by Crippen LogP contribution is 2.70. The Kier molecular flexibility index (Phi) is 4.84. The summed E-state index contributed by atoms with van der Waals surface area (Å²) in [6.07, 6.45) is 6.04. The zero-order chi connectivity index (χ0) is 26.0. The molecule has 3 N–H and O–H groups in total. The van der Waals surface area contributed by atoms with Crippen molar-refractivity contribution in [3.8, 4) is 0 Å². The molecule has 1 aromatic heterocycles. The summed E-state index contributed by atoms with van der Waals surface area (Å²) in [4.78, 5) is 6.05. The molecule has 196 valence electrons. The second-order valence-corrected chi connectivity index (χ2v) is 12.5. The maximum absolute atomic E-state index is 17.0. The quantitative estimate of drug-likeness (QED) is 0.542. The van der Waals surface area contributed by atoms with Gasteiger partial charge in [0.05, 0.1) is 11.7 Å². The second kappa shape index (κ2) is 7.48. The summed E-state index contributed by atoms with van der Waals surface area (Å²) in [6, 6.07) is 8.04. The molecule has 1 saturated carbocycles. The molecular weight excluding hydrogens is 471 g/mol. The SMILES string of the molecule is CN(C)[C@H]1C[C@@]23CC[C@@]4(O2)C(=CC[C@]2(C)C(c5ccc6cnccc6c5)=CCC24)C(O)C3(F)[C@@H](O)[C@@H]1O. The van der Waals surface area contributed by atoms with Crippen LogP contribution in [0.1, 0.15) is 44.6 Å². The van der Waals surface area contributed by atoms with Crippen LogP contribution >= 0.6 is 0 Å². The molecule has 2 aromatic rings. The summed E-state index contributed by atoms with van der Waals surface area (Å²) < 4.78 is 24.0. The number of likely N-dealkylation sites (N-methyl/N-ethyl adjacent to an activating group) is 1. The Morgan fingerprint density at radius 3 is 2.68 bits per heavy atom. The number of ether oxygens (including phenoxy) is 1. The van der Waals surface area contributed by atoms with Crippen LogP contribution < -0.4 is 0 Å². The Balaban J connectivity index is 1.32. The molecule has 1 aromatic carbocycles. The van der Waals surface area contributed by atoms with Crippen molar-refractivity contribution in [3.05, 3.63) is 59.9 Å². The van der Waals surface area contributed by atoms with Crippen LogP contribution in [0, 0.1) is 11.3 Å². The number of aromatic nitrogens is 1. The van der Waals surface area contributed by atoms with Gasteiger partial charge in [0, 0.05) is 35.2 Å². The predicted molar refractivity (Wildman–Crippen MR) is 138 cm³/mol. The molecule has 2 aliphatic heterocycles. The molecule has 37 heavy (non-hydrogen) atoms. The highest BCUT2D eigenvalue weighted by atomic mass is 19.1. The summed E-state index contributed by atoms with van der Waals surface area (Å²) in [5.74, 6) is 0.0449. The van der Waals surface area contributed by atoms with Crippen molar-refractivity contribution in [2.24, 2.45) is 11.3 Å². The van der Waals surface area contributed by atoms with Crippen LogP contribution in [0.3, 0.4) is 0 Å². The van der Waals surface area contributed by atoms with Crippen LogP contribution in [0.4, 0.5) is 4.39 Å². The normalized spacial score (nSPS) is 46.3. The minimum Gasteiger partial charge on any atom is -0.389 e. The molecule has 3 heterocycles. The molecule has 6 nitrogen and oxygen atoms in total. The summed E-state index contributed by atoms with van der Waals surface area (Å²) >= 11 is 0. The van der Waals surface area contributed by atoms with Crippen LogP contribution in [0.25, 0.3) is 16.3 Å². The van der Waals surface area contributed by atoms with E-state index in [0.717, 1.165) is 17.2 Å². The molecule has 7 heteroatoms. The van der Waals surface area contributed by atoms with Gasteiger partial charge >= 0.3 is 0 Å². The number of benzene rings is 1. The molecule has 2 spiro atoms. The average Bonchev–Trinajstić information content (AvgIpc) is 3.42. The van der Waals surface area contributed by atoms with Crippen LogP contribution in [-0.4, -0.2) is 80.5 Å². The summed E-state index contributed by atoms with van der Waals surface area (Å²) in [7, 11) is 3.64. The Morgan fingerprint density at radius 2 is 1.89 bits per heavy atom. The third-order valence-corrected chi connectivity index (χ3v) is 10.7. The monoisotopic (exact) mass is 506 g/mol. The maximum Gasteiger partial charge on any atom is 0.197 e. The lowest BCUT2D eigenvalue weighted by Gasteiger charge is -2.62. The number of aliphatic hydroxyl groups is 3. The van der Waals surface area contributed by atoms with Gasteiger partial charge in [-0.2, -0.15) is 0 Å². The first-order valence-corrected chi connectivity index (χ1v) is 13.4. The number of nitrogens with zero attached hydrogens (tertiary/aromatic N) is 2. The number of allylic oxidation sites excluding steroid dienone is 3. The first kappa shape index (κ1) is 23.9. The number of hydrogen-bond acceptors (Lipinski definition) is 6. The zero-order valence-electron chi connectivity index (χ0n) is 21.6. The molecule has 5 aliphatic rings. The summed E-state index contributed by atoms with van der Waals surface area (Å²) in [5, 5.41) is 35.8. The van der Waals surface area contributed by atoms with E-state index in [-0.39, 0.29) is 17.8 Å². The Morgan fingerprint density at radius 1 is 1.08 bits per heavy atom. The molecule has 7 rings (SSSR count). The summed E-state index contributed by atoms with van der Waals surface area (Å²) in [6.45, 7) is 2.27. The molecule has 9 atom stereocenters. The fourth-order valence-electron chi connectivity index (χ4n) is 8.78. The Hall–Kier alpha value is -2.16. The molecular formula is C30H35FN2O4. The minimum absolute atomic E-state index is 0.0449. The van der Waals surface area contributed by atoms with E-state index in [4.69, 9.17) is 4.74 Å². The number of alkyl halides is 1. The van der Waals surface area contributed by atoms with Gasteiger partial charge in [-0.3, -0.25) is 4.98 Å². The fourth-order valence-corrected chi connectivity index (χ4v) is 8.78. The predicted octanol–water partition coefficient (Wildman–Crippen LogP) is 3.40. The van der Waals surface area contributed by atoms with E-state index in [9.17, 15) is 15.3 Å². The smallest absolute Gasteiger partial charge is 0.197 e. The number of fused-ring (bicyclic) bond motifs is 2. The molecule has 2 saturated heterocycles. The van der Waals surface area contributed by atoms with E-state index < -0.39 is 41.2 Å². The second-order valence-electron chi connectivity index (χ2n) is 12.5. The molecule has 3 fully saturated rings. The maximum atomic E-state index is 17.0. The number of pyridine rings is 1. The van der Waals surface area contributed by atoms with E-state index >= 15 is 4.39 Å². The molecule has 2 bridgehead atoms. The van der Waals surface area contributed by atoms with Crippen LogP contribution in [0.15, 0.2) is 54.4 Å². The largest absolute Gasteiger partial charge is 0.389 e. The highest BCUT2D eigenvalue weighted by Gasteiger charge is 2.79. The van der Waals surface area contributed by atoms with Crippen molar-refractivity contribution in [1.29, 1.82) is 0 Å². The summed E-state index contributed by atoms with van der Waals surface area (Å²) in [5.41, 5.74) is -1.85. The number of hydrogen-bond donors (Lipinski definition) is 3. The van der Waals surface area contributed by atoms with Crippen molar-refractivity contribution >= 4 is 16.3 Å². The lowest BCUT2D eigenvalue weighted by molar-refractivity contribution is -0.308. The van der Waals surface area contributed by atoms with Crippen molar-refractivity contribution < 1.29 is 24.4 Å². The van der Waals surface area contributed by atoms with Gasteiger partial charge in [0.25, 0.3) is 0 Å². The van der Waals surface area contributed by atoms with Gasteiger partial charge in [-0.15, -0.1) is 0 Å². The van der Waals surface area contributed by atoms with Crippen LogP contribution in [0.5, 0.6) is 0 Å². The first-order valence-electron chi connectivity index (χ1n) is 13.4. The average molecular weight is 507 g/mol. The van der Waals surface area contributed by atoms with Gasteiger partial charge in [0.15, 0.2) is 5.67 Å². The van der Waals surface area contributed by atoms with Crippen LogP contribution in [0.2, 0.25) is 0 Å². The zero-order valence-corrected chi connectivity index (χ0v) is 21.6. The molecule has 0 amide bonds. The van der Waals surface area contributed by atoms with Gasteiger partial charge in [-0.05, 0) is 80.4 Å². The lowest BCUT2D eigenvalue weighted by atomic mass is 9.55. The minimum atomic E-state index is -2.46. The van der Waals surface area contributed by atoms with E-state index in [0.29, 0.717) is 24.8 Å². The van der Waals surface area contributed by atoms with Gasteiger partial charge < -0.3 is 25.0 Å². The van der Waals surface area contributed by atoms with Crippen molar-refractivity contribution in [1.82, 2.24) is 9.88 Å². The standard InChI is InChI=1S/C30H35FN2O4/c1-27-10-8-21-25(35)30(31)26(36)24(34)22(33(2)3)15-28(30)11-12-29(21,37-28)23(27)7-6-20(27)18-4-5-19-16-32-13-9-17(19)14-18/h4-6,8-9,13-14,16,22-26,34-36H,7,10-12,15H2,1-3H3/t22-,23?,24+,25?,26-,27+,28+,29+,30?/m0/s1. The van der Waals surface area contributed by atoms with Gasteiger partial charge in [0.1, 0.15) is 17.8 Å². The Labute approximate surface area is 216 Å².